The minimum atomic E-state index is -0.170. The van der Waals surface area contributed by atoms with Gasteiger partial charge in [-0.3, -0.25) is 14.8 Å². The molecule has 7 nitrogen and oxygen atoms in total. The number of carbonyl (C=O) groups excluding carboxylic acids is 1. The molecule has 2 aromatic rings. The molecule has 3 heterocycles. The van der Waals surface area contributed by atoms with Gasteiger partial charge in [-0.05, 0) is 32.3 Å². The number of likely N-dealkylation sites (tertiary alicyclic amines) is 1. The lowest BCUT2D eigenvalue weighted by Crippen LogP contribution is -2.31. The van der Waals surface area contributed by atoms with Gasteiger partial charge in [-0.15, -0.1) is 0 Å². The molecular weight excluding hydrogens is 330 g/mol. The lowest BCUT2D eigenvalue weighted by Gasteiger charge is -2.17. The average molecular weight is 351 g/mol. The number of ether oxygens (including phenoxy) is 1. The monoisotopic (exact) mass is 351 g/mol. The molecule has 0 saturated carbocycles. The maximum absolute atomic E-state index is 12.6. The van der Waals surface area contributed by atoms with Crippen molar-refractivity contribution in [2.75, 3.05) is 27.2 Å². The summed E-state index contributed by atoms with van der Waals surface area (Å²) < 4.78 is 6.03. The number of nitrogens with zero attached hydrogens (tertiary/aromatic N) is 5. The van der Waals surface area contributed by atoms with E-state index < -0.39 is 0 Å². The largest absolute Gasteiger partial charge is 0.488 e. The standard InChI is InChI=1S/C19H21N5O2/c1-23(2)12-15-10-16(4-7-21-15)26-17-5-8-24(13-17)19(25)18-9-14(11-20)3-6-22-18/h3-4,6-7,9-10,17H,5,8,12-13H2,1-2H3. The molecule has 0 aromatic carbocycles. The fraction of sp³-hybridized carbons (Fsp3) is 0.368. The van der Waals surface area contributed by atoms with Crippen LogP contribution in [-0.4, -0.2) is 59.0 Å². The third-order valence-electron chi connectivity index (χ3n) is 4.11. The predicted octanol–water partition coefficient (Wildman–Crippen LogP) is 1.70. The SMILES string of the molecule is CN(C)Cc1cc(OC2CCN(C(=O)c3cc(C#N)ccn3)C2)ccn1. The van der Waals surface area contributed by atoms with Crippen molar-refractivity contribution in [3.05, 3.63) is 53.6 Å². The van der Waals surface area contributed by atoms with Crippen molar-refractivity contribution in [3.8, 4) is 11.8 Å². The Morgan fingerprint density at radius 3 is 2.92 bits per heavy atom. The van der Waals surface area contributed by atoms with E-state index in [2.05, 4.69) is 9.97 Å². The summed E-state index contributed by atoms with van der Waals surface area (Å²) in [6, 6.07) is 8.90. The van der Waals surface area contributed by atoms with Crippen LogP contribution in [0.25, 0.3) is 0 Å². The lowest BCUT2D eigenvalue weighted by molar-refractivity contribution is 0.0766. The Bertz CT molecular complexity index is 831. The Balaban J connectivity index is 1.62. The molecule has 26 heavy (non-hydrogen) atoms. The van der Waals surface area contributed by atoms with E-state index in [-0.39, 0.29) is 12.0 Å². The average Bonchev–Trinajstić information content (AvgIpc) is 3.09. The van der Waals surface area contributed by atoms with Crippen LogP contribution in [0.3, 0.4) is 0 Å². The maximum atomic E-state index is 12.6. The molecule has 1 fully saturated rings. The molecule has 3 rings (SSSR count). The molecule has 2 aromatic heterocycles. The van der Waals surface area contributed by atoms with Gasteiger partial charge in [0.2, 0.25) is 0 Å². The van der Waals surface area contributed by atoms with Crippen molar-refractivity contribution in [1.82, 2.24) is 19.8 Å². The van der Waals surface area contributed by atoms with Crippen LogP contribution in [0.15, 0.2) is 36.7 Å². The van der Waals surface area contributed by atoms with Crippen LogP contribution in [-0.2, 0) is 6.54 Å². The molecule has 1 atom stereocenters. The van der Waals surface area contributed by atoms with Crippen LogP contribution in [0.5, 0.6) is 5.75 Å². The summed E-state index contributed by atoms with van der Waals surface area (Å²) in [5.41, 5.74) is 1.67. The molecule has 1 aliphatic rings. The second-order valence-electron chi connectivity index (χ2n) is 6.54. The van der Waals surface area contributed by atoms with E-state index in [0.29, 0.717) is 24.3 Å². The summed E-state index contributed by atoms with van der Waals surface area (Å²) in [5, 5.41) is 8.96. The normalized spacial score (nSPS) is 16.5. The second kappa shape index (κ2) is 7.93. The first-order chi connectivity index (χ1) is 12.5. The summed E-state index contributed by atoms with van der Waals surface area (Å²) in [7, 11) is 3.98. The molecular formula is C19H21N5O2. The number of rotatable bonds is 5. The van der Waals surface area contributed by atoms with Gasteiger partial charge in [0, 0.05) is 38.0 Å². The van der Waals surface area contributed by atoms with Gasteiger partial charge >= 0.3 is 0 Å². The van der Waals surface area contributed by atoms with Crippen molar-refractivity contribution in [1.29, 1.82) is 5.26 Å². The van der Waals surface area contributed by atoms with Crippen molar-refractivity contribution in [2.45, 2.75) is 19.1 Å². The van der Waals surface area contributed by atoms with Gasteiger partial charge in [-0.25, -0.2) is 0 Å². The molecule has 1 saturated heterocycles. The fourth-order valence-electron chi connectivity index (χ4n) is 2.92. The molecule has 1 amide bonds. The van der Waals surface area contributed by atoms with E-state index in [1.165, 1.54) is 12.3 Å². The molecule has 0 radical (unpaired) electrons. The van der Waals surface area contributed by atoms with Gasteiger partial charge in [-0.2, -0.15) is 5.26 Å². The Labute approximate surface area is 152 Å². The Kier molecular flexibility index (Phi) is 5.44. The van der Waals surface area contributed by atoms with Crippen molar-refractivity contribution < 1.29 is 9.53 Å². The zero-order valence-electron chi connectivity index (χ0n) is 14.9. The second-order valence-corrected chi connectivity index (χ2v) is 6.54. The highest BCUT2D eigenvalue weighted by Crippen LogP contribution is 2.20. The molecule has 0 spiro atoms. The van der Waals surface area contributed by atoms with Gasteiger partial charge in [0.25, 0.3) is 5.91 Å². The number of aromatic nitrogens is 2. The minimum Gasteiger partial charge on any atom is -0.488 e. The number of amides is 1. The Morgan fingerprint density at radius 2 is 2.15 bits per heavy atom. The van der Waals surface area contributed by atoms with Crippen LogP contribution in [0.1, 0.15) is 28.2 Å². The topological polar surface area (TPSA) is 82.4 Å². The summed E-state index contributed by atoms with van der Waals surface area (Å²) in [5.74, 6) is 0.594. The van der Waals surface area contributed by atoms with Gasteiger partial charge in [-0.1, -0.05) is 0 Å². The number of hydrogen-bond acceptors (Lipinski definition) is 6. The summed E-state index contributed by atoms with van der Waals surface area (Å²) in [4.78, 5) is 24.8. The minimum absolute atomic E-state index is 0.0623. The van der Waals surface area contributed by atoms with Gasteiger partial charge in [0.05, 0.1) is 23.9 Å². The van der Waals surface area contributed by atoms with Crippen LogP contribution in [0, 0.1) is 11.3 Å². The fourth-order valence-corrected chi connectivity index (χ4v) is 2.92. The third-order valence-corrected chi connectivity index (χ3v) is 4.11. The van der Waals surface area contributed by atoms with Gasteiger partial charge in [0.1, 0.15) is 17.5 Å². The Morgan fingerprint density at radius 1 is 1.35 bits per heavy atom. The van der Waals surface area contributed by atoms with Crippen LogP contribution < -0.4 is 4.74 Å². The zero-order valence-corrected chi connectivity index (χ0v) is 14.9. The molecule has 0 bridgehead atoms. The maximum Gasteiger partial charge on any atom is 0.272 e. The number of nitriles is 1. The van der Waals surface area contributed by atoms with E-state index in [9.17, 15) is 4.79 Å². The van der Waals surface area contributed by atoms with E-state index in [1.54, 1.807) is 17.2 Å². The first-order valence-electron chi connectivity index (χ1n) is 8.47. The molecule has 1 aliphatic heterocycles. The molecule has 134 valence electrons. The quantitative estimate of drug-likeness (QED) is 0.815. The first-order valence-corrected chi connectivity index (χ1v) is 8.47. The lowest BCUT2D eigenvalue weighted by atomic mass is 10.2. The van der Waals surface area contributed by atoms with E-state index in [4.69, 9.17) is 10.00 Å². The van der Waals surface area contributed by atoms with Crippen LogP contribution in [0.2, 0.25) is 0 Å². The number of hydrogen-bond donors (Lipinski definition) is 0. The van der Waals surface area contributed by atoms with Crippen molar-refractivity contribution >= 4 is 5.91 Å². The highest BCUT2D eigenvalue weighted by Gasteiger charge is 2.29. The third kappa shape index (κ3) is 4.35. The van der Waals surface area contributed by atoms with Crippen molar-refractivity contribution in [3.63, 3.8) is 0 Å². The molecule has 1 unspecified atom stereocenters. The van der Waals surface area contributed by atoms with Crippen molar-refractivity contribution in [2.24, 2.45) is 0 Å². The molecule has 0 aliphatic carbocycles. The smallest absolute Gasteiger partial charge is 0.272 e. The highest BCUT2D eigenvalue weighted by molar-refractivity contribution is 5.92. The molecule has 7 heteroatoms. The zero-order chi connectivity index (χ0) is 18.5. The van der Waals surface area contributed by atoms with Gasteiger partial charge in [0.15, 0.2) is 0 Å². The summed E-state index contributed by atoms with van der Waals surface area (Å²) >= 11 is 0. The summed E-state index contributed by atoms with van der Waals surface area (Å²) in [6.07, 6.45) is 3.92. The highest BCUT2D eigenvalue weighted by atomic mass is 16.5. The van der Waals surface area contributed by atoms with Crippen LogP contribution >= 0.6 is 0 Å². The Hall–Kier alpha value is -2.98. The van der Waals surface area contributed by atoms with E-state index >= 15 is 0 Å². The first kappa shape index (κ1) is 17.8. The van der Waals surface area contributed by atoms with E-state index in [1.807, 2.05) is 37.2 Å². The summed E-state index contributed by atoms with van der Waals surface area (Å²) in [6.45, 7) is 1.85. The van der Waals surface area contributed by atoms with Gasteiger partial charge < -0.3 is 14.5 Å². The van der Waals surface area contributed by atoms with E-state index in [0.717, 1.165) is 24.4 Å². The van der Waals surface area contributed by atoms with Crippen LogP contribution in [0.4, 0.5) is 0 Å². The predicted molar refractivity (Wildman–Crippen MR) is 95.5 cm³/mol. The number of carbonyl (C=O) groups is 1. The molecule has 0 N–H and O–H groups in total. The number of pyridine rings is 2.